The lowest BCUT2D eigenvalue weighted by Gasteiger charge is -2.29. The molecule has 1 fully saturated rings. The summed E-state index contributed by atoms with van der Waals surface area (Å²) in [6.45, 7) is 2.08. The van der Waals surface area contributed by atoms with Crippen LogP contribution in [-0.4, -0.2) is 17.9 Å². The van der Waals surface area contributed by atoms with Gasteiger partial charge in [-0.2, -0.15) is 0 Å². The Bertz CT molecular complexity index is 504. The number of rotatable bonds is 2. The highest BCUT2D eigenvalue weighted by Crippen LogP contribution is 2.23. The fourth-order valence-electron chi connectivity index (χ4n) is 2.52. The molecule has 2 rings (SSSR count). The van der Waals surface area contributed by atoms with E-state index in [1.807, 2.05) is 0 Å². The van der Waals surface area contributed by atoms with E-state index in [0.29, 0.717) is 5.92 Å². The highest BCUT2D eigenvalue weighted by Gasteiger charge is 2.25. The van der Waals surface area contributed by atoms with Crippen molar-refractivity contribution in [1.82, 2.24) is 5.32 Å². The maximum absolute atomic E-state index is 13.0. The van der Waals surface area contributed by atoms with Crippen LogP contribution in [0.1, 0.15) is 32.6 Å². The Balaban J connectivity index is 1.90. The molecule has 2 N–H and O–H groups in total. The fourth-order valence-corrected chi connectivity index (χ4v) is 2.52. The normalized spacial score (nSPS) is 22.1. The van der Waals surface area contributed by atoms with Crippen molar-refractivity contribution < 1.29 is 14.0 Å². The lowest BCUT2D eigenvalue weighted by Crippen LogP contribution is -2.45. The summed E-state index contributed by atoms with van der Waals surface area (Å²) in [7, 11) is 0. The summed E-state index contributed by atoms with van der Waals surface area (Å²) in [5.74, 6) is -1.49. The van der Waals surface area contributed by atoms with Crippen LogP contribution in [0.3, 0.4) is 0 Å². The first-order valence-electron chi connectivity index (χ1n) is 6.93. The van der Waals surface area contributed by atoms with Crippen LogP contribution in [-0.2, 0) is 9.59 Å². The molecule has 0 heterocycles. The van der Waals surface area contributed by atoms with Gasteiger partial charge in [0.25, 0.3) is 0 Å². The van der Waals surface area contributed by atoms with Crippen LogP contribution < -0.4 is 10.6 Å². The van der Waals surface area contributed by atoms with Crippen LogP contribution in [0, 0.1) is 11.7 Å². The molecule has 0 unspecified atom stereocenters. The van der Waals surface area contributed by atoms with Crippen molar-refractivity contribution in [3.63, 3.8) is 0 Å². The van der Waals surface area contributed by atoms with Crippen molar-refractivity contribution in [1.29, 1.82) is 0 Å². The summed E-state index contributed by atoms with van der Waals surface area (Å²) in [5, 5.41) is 5.15. The minimum atomic E-state index is -0.756. The third-order valence-electron chi connectivity index (χ3n) is 3.72. The van der Waals surface area contributed by atoms with E-state index < -0.39 is 17.6 Å². The SMILES string of the molecule is C[C@H]1CCCC[C@@H]1NC(=O)C(=O)Nc1cccc(F)c1. The van der Waals surface area contributed by atoms with Gasteiger partial charge in [-0.15, -0.1) is 0 Å². The highest BCUT2D eigenvalue weighted by atomic mass is 19.1. The second-order valence-electron chi connectivity index (χ2n) is 5.31. The average Bonchev–Trinajstić information content (AvgIpc) is 2.41. The number of anilines is 1. The zero-order valence-electron chi connectivity index (χ0n) is 11.5. The number of benzene rings is 1. The maximum atomic E-state index is 13.0. The lowest BCUT2D eigenvalue weighted by atomic mass is 9.86. The molecule has 0 aromatic heterocycles. The number of hydrogen-bond donors (Lipinski definition) is 2. The number of hydrogen-bond acceptors (Lipinski definition) is 2. The second-order valence-corrected chi connectivity index (χ2v) is 5.31. The number of nitrogens with one attached hydrogen (secondary N) is 2. The van der Waals surface area contributed by atoms with Crippen molar-refractivity contribution in [2.75, 3.05) is 5.32 Å². The number of carbonyl (C=O) groups is 2. The summed E-state index contributed by atoms with van der Waals surface area (Å²) >= 11 is 0. The first-order valence-corrected chi connectivity index (χ1v) is 6.93. The van der Waals surface area contributed by atoms with E-state index in [2.05, 4.69) is 17.6 Å². The predicted octanol–water partition coefficient (Wildman–Crippen LogP) is 2.46. The molecule has 0 aliphatic heterocycles. The smallest absolute Gasteiger partial charge is 0.313 e. The molecule has 1 aliphatic rings. The molecule has 0 radical (unpaired) electrons. The van der Waals surface area contributed by atoms with Gasteiger partial charge in [0.2, 0.25) is 0 Å². The van der Waals surface area contributed by atoms with Crippen LogP contribution in [0.25, 0.3) is 0 Å². The molecule has 0 bridgehead atoms. The Morgan fingerprint density at radius 1 is 1.20 bits per heavy atom. The number of halogens is 1. The lowest BCUT2D eigenvalue weighted by molar-refractivity contribution is -0.137. The van der Waals surface area contributed by atoms with Crippen LogP contribution >= 0.6 is 0 Å². The molecule has 1 aromatic rings. The monoisotopic (exact) mass is 278 g/mol. The summed E-state index contributed by atoms with van der Waals surface area (Å²) in [6.07, 6.45) is 4.21. The fraction of sp³-hybridized carbons (Fsp3) is 0.467. The molecule has 1 saturated carbocycles. The first kappa shape index (κ1) is 14.5. The van der Waals surface area contributed by atoms with Crippen molar-refractivity contribution in [3.8, 4) is 0 Å². The van der Waals surface area contributed by atoms with E-state index in [-0.39, 0.29) is 11.7 Å². The Kier molecular flexibility index (Phi) is 4.71. The van der Waals surface area contributed by atoms with E-state index >= 15 is 0 Å². The Hall–Kier alpha value is -1.91. The first-order chi connectivity index (χ1) is 9.56. The number of amides is 2. The van der Waals surface area contributed by atoms with Gasteiger partial charge in [0.05, 0.1) is 0 Å². The topological polar surface area (TPSA) is 58.2 Å². The van der Waals surface area contributed by atoms with Crippen LogP contribution in [0.15, 0.2) is 24.3 Å². The molecule has 4 nitrogen and oxygen atoms in total. The zero-order chi connectivity index (χ0) is 14.5. The molecule has 0 spiro atoms. The standard InChI is InChI=1S/C15H19FN2O2/c1-10-5-2-3-8-13(10)18-15(20)14(19)17-12-7-4-6-11(16)9-12/h4,6-7,9-10,13H,2-3,5,8H2,1H3,(H,17,19)(H,18,20)/t10-,13-/m0/s1. The van der Waals surface area contributed by atoms with Gasteiger partial charge in [-0.25, -0.2) is 4.39 Å². The van der Waals surface area contributed by atoms with Gasteiger partial charge in [-0.1, -0.05) is 25.8 Å². The molecular weight excluding hydrogens is 259 g/mol. The van der Waals surface area contributed by atoms with E-state index in [4.69, 9.17) is 0 Å². The summed E-state index contributed by atoms with van der Waals surface area (Å²) in [6, 6.07) is 5.52. The van der Waals surface area contributed by atoms with Gasteiger partial charge in [0, 0.05) is 11.7 Å². The predicted molar refractivity (Wildman–Crippen MR) is 74.6 cm³/mol. The van der Waals surface area contributed by atoms with Crippen molar-refractivity contribution in [3.05, 3.63) is 30.1 Å². The Morgan fingerprint density at radius 3 is 2.65 bits per heavy atom. The summed E-state index contributed by atoms with van der Waals surface area (Å²) in [5.41, 5.74) is 0.279. The van der Waals surface area contributed by atoms with E-state index in [1.54, 1.807) is 0 Å². The maximum Gasteiger partial charge on any atom is 0.313 e. The molecule has 1 aliphatic carbocycles. The van der Waals surface area contributed by atoms with E-state index in [9.17, 15) is 14.0 Å². The van der Waals surface area contributed by atoms with E-state index in [0.717, 1.165) is 19.3 Å². The molecule has 5 heteroatoms. The number of carbonyl (C=O) groups excluding carboxylic acids is 2. The molecule has 2 amide bonds. The zero-order valence-corrected chi connectivity index (χ0v) is 11.5. The second kappa shape index (κ2) is 6.50. The summed E-state index contributed by atoms with van der Waals surface area (Å²) in [4.78, 5) is 23.6. The minimum absolute atomic E-state index is 0.0505. The Labute approximate surface area is 117 Å². The molecule has 20 heavy (non-hydrogen) atoms. The van der Waals surface area contributed by atoms with Gasteiger partial charge in [0.15, 0.2) is 0 Å². The Morgan fingerprint density at radius 2 is 1.95 bits per heavy atom. The van der Waals surface area contributed by atoms with Crippen LogP contribution in [0.2, 0.25) is 0 Å². The third-order valence-corrected chi connectivity index (χ3v) is 3.72. The van der Waals surface area contributed by atoms with E-state index in [1.165, 1.54) is 30.7 Å². The average molecular weight is 278 g/mol. The van der Waals surface area contributed by atoms with Crippen molar-refractivity contribution >= 4 is 17.5 Å². The molecule has 1 aromatic carbocycles. The van der Waals surface area contributed by atoms with Crippen molar-refractivity contribution in [2.45, 2.75) is 38.6 Å². The molecule has 108 valence electrons. The van der Waals surface area contributed by atoms with Crippen LogP contribution in [0.5, 0.6) is 0 Å². The van der Waals surface area contributed by atoms with Crippen molar-refractivity contribution in [2.24, 2.45) is 5.92 Å². The molecule has 0 saturated heterocycles. The largest absolute Gasteiger partial charge is 0.345 e. The summed E-state index contributed by atoms with van der Waals surface area (Å²) < 4.78 is 13.0. The van der Waals surface area contributed by atoms with Gasteiger partial charge >= 0.3 is 11.8 Å². The van der Waals surface area contributed by atoms with Gasteiger partial charge in [-0.05, 0) is 37.0 Å². The quantitative estimate of drug-likeness (QED) is 0.816. The van der Waals surface area contributed by atoms with Gasteiger partial charge in [-0.3, -0.25) is 9.59 Å². The van der Waals surface area contributed by atoms with Gasteiger partial charge < -0.3 is 10.6 Å². The third kappa shape index (κ3) is 3.79. The molecule has 2 atom stereocenters. The van der Waals surface area contributed by atoms with Crippen LogP contribution in [0.4, 0.5) is 10.1 Å². The minimum Gasteiger partial charge on any atom is -0.345 e. The highest BCUT2D eigenvalue weighted by molar-refractivity contribution is 6.39. The van der Waals surface area contributed by atoms with Gasteiger partial charge in [0.1, 0.15) is 5.82 Å². The molecular formula is C15H19FN2O2.